The molecule has 0 spiro atoms. The van der Waals surface area contributed by atoms with Gasteiger partial charge >= 0.3 is 41.8 Å². The van der Waals surface area contributed by atoms with E-state index in [-0.39, 0.29) is 68.1 Å². The molecule has 506 valence electrons. The molecule has 0 bridgehead atoms. The van der Waals surface area contributed by atoms with E-state index in [1.807, 2.05) is 95.3 Å². The van der Waals surface area contributed by atoms with Crippen molar-refractivity contribution in [3.63, 3.8) is 0 Å². The van der Waals surface area contributed by atoms with Gasteiger partial charge in [-0.3, -0.25) is 14.4 Å². The van der Waals surface area contributed by atoms with E-state index in [2.05, 4.69) is 11.3 Å². The lowest BCUT2D eigenvalue weighted by atomic mass is 10.0. The van der Waals surface area contributed by atoms with Gasteiger partial charge in [-0.15, -0.1) is 0 Å². The largest absolute Gasteiger partial charge is 0.497 e. The van der Waals surface area contributed by atoms with E-state index in [9.17, 15) is 33.6 Å². The van der Waals surface area contributed by atoms with E-state index in [4.69, 9.17) is 61.6 Å². The molecule has 6 aromatic rings. The lowest BCUT2D eigenvalue weighted by Gasteiger charge is -2.10. The average Bonchev–Trinajstić information content (AvgIpc) is 2.53. The summed E-state index contributed by atoms with van der Waals surface area (Å²) in [5.74, 6) is 0.116. The fourth-order valence-corrected chi connectivity index (χ4v) is 7.59. The molecule has 0 aromatic heterocycles. The summed E-state index contributed by atoms with van der Waals surface area (Å²) in [7, 11) is 2.98. The summed E-state index contributed by atoms with van der Waals surface area (Å²) in [5, 5.41) is 0. The van der Waals surface area contributed by atoms with Gasteiger partial charge in [0.05, 0.1) is 102 Å². The second kappa shape index (κ2) is 45.0. The molecule has 0 aliphatic carbocycles. The van der Waals surface area contributed by atoms with E-state index in [0.29, 0.717) is 106 Å². The van der Waals surface area contributed by atoms with Gasteiger partial charge in [0.2, 0.25) is 0 Å². The Bertz CT molecular complexity index is 3180. The number of rotatable bonds is 38. The zero-order chi connectivity index (χ0) is 68.3. The highest BCUT2D eigenvalue weighted by molar-refractivity contribution is 5.92. The summed E-state index contributed by atoms with van der Waals surface area (Å²) < 4.78 is 73.6. The highest BCUT2D eigenvalue weighted by atomic mass is 16.6. The molecule has 94 heavy (non-hydrogen) atoms. The van der Waals surface area contributed by atoms with Crippen LogP contribution in [-0.4, -0.2) is 149 Å². The van der Waals surface area contributed by atoms with Crippen molar-refractivity contribution in [2.24, 2.45) is 17.8 Å². The van der Waals surface area contributed by atoms with Crippen molar-refractivity contribution in [1.82, 2.24) is 0 Å². The molecule has 0 amide bonds. The third kappa shape index (κ3) is 29.9. The first-order chi connectivity index (χ1) is 45.5. The minimum absolute atomic E-state index is 0.0764. The number of hydrogen-bond acceptors (Lipinski definition) is 21. The molecule has 6 aromatic carbocycles. The number of ether oxygens (including phenoxy) is 14. The summed E-state index contributed by atoms with van der Waals surface area (Å²) in [5.41, 5.74) is 5.17. The molecule has 3 atom stereocenters. The smallest absolute Gasteiger partial charge is 0.343 e. The highest BCUT2D eigenvalue weighted by Gasteiger charge is 2.16. The maximum atomic E-state index is 12.6. The number of esters is 7. The van der Waals surface area contributed by atoms with Gasteiger partial charge in [-0.1, -0.05) is 96.7 Å². The second-order valence-electron chi connectivity index (χ2n) is 20.6. The average molecular weight is 1300 g/mol. The molecule has 0 N–H and O–H groups in total. The predicted molar refractivity (Wildman–Crippen MR) is 351 cm³/mol. The third-order valence-corrected chi connectivity index (χ3v) is 13.8. The Labute approximate surface area is 550 Å². The van der Waals surface area contributed by atoms with Crippen LogP contribution in [0, 0.1) is 17.8 Å². The summed E-state index contributed by atoms with van der Waals surface area (Å²) >= 11 is 0. The number of methoxy groups -OCH3 is 2. The van der Waals surface area contributed by atoms with Gasteiger partial charge in [-0.2, -0.15) is 0 Å². The van der Waals surface area contributed by atoms with Crippen LogP contribution < -0.4 is 23.7 Å². The van der Waals surface area contributed by atoms with Gasteiger partial charge in [0.15, 0.2) is 0 Å². The molecule has 0 saturated heterocycles. The SMILES string of the molecule is C=CC(=O)OCCOC(=O)C(C)CC.CCC(C)C(=O)OCCOCCOCCOc1ccc(C(=O)Oc2ccc(-c3ccc(C(=O)OC)cc3)cc2)cc1.CCC(C)C(=O)OCCOCCOCCOc1ccc(C(=O)Oc2ccc(-c3ccc(OC)cc3)cc2)cc1. The molecule has 0 radical (unpaired) electrons. The first-order valence-corrected chi connectivity index (χ1v) is 31.1. The van der Waals surface area contributed by atoms with Crippen molar-refractivity contribution >= 4 is 41.8 Å². The van der Waals surface area contributed by atoms with Crippen molar-refractivity contribution in [2.45, 2.75) is 60.8 Å². The first-order valence-electron chi connectivity index (χ1n) is 31.1. The summed E-state index contributed by atoms with van der Waals surface area (Å²) in [6.07, 6.45) is 3.32. The predicted octanol–water partition coefficient (Wildman–Crippen LogP) is 12.2. The highest BCUT2D eigenvalue weighted by Crippen LogP contribution is 2.27. The van der Waals surface area contributed by atoms with Crippen LogP contribution >= 0.6 is 0 Å². The Morgan fingerprint density at radius 3 is 0.926 bits per heavy atom. The van der Waals surface area contributed by atoms with Crippen LogP contribution in [0.1, 0.15) is 91.9 Å². The summed E-state index contributed by atoms with van der Waals surface area (Å²) in [6, 6.07) is 42.7. The number of carbonyl (C=O) groups is 7. The lowest BCUT2D eigenvalue weighted by Crippen LogP contribution is -2.18. The quantitative estimate of drug-likeness (QED) is 0.0115. The van der Waals surface area contributed by atoms with Gasteiger partial charge in [0.1, 0.15) is 68.4 Å². The van der Waals surface area contributed by atoms with E-state index in [0.717, 1.165) is 53.3 Å². The van der Waals surface area contributed by atoms with Crippen LogP contribution in [0.25, 0.3) is 22.3 Å². The fourth-order valence-electron chi connectivity index (χ4n) is 7.59. The fraction of sp³-hybridized carbons (Fsp3) is 0.384. The molecular weight excluding hydrogens is 1210 g/mol. The van der Waals surface area contributed by atoms with Gasteiger partial charge in [0, 0.05) is 6.08 Å². The van der Waals surface area contributed by atoms with Crippen molar-refractivity contribution in [3.8, 4) is 51.0 Å². The Kier molecular flexibility index (Phi) is 36.9. The molecule has 21 nitrogen and oxygen atoms in total. The second-order valence-corrected chi connectivity index (χ2v) is 20.6. The molecule has 21 heteroatoms. The molecule has 0 fully saturated rings. The molecule has 0 aliphatic rings. The minimum atomic E-state index is -0.510. The monoisotopic (exact) mass is 1300 g/mol. The maximum Gasteiger partial charge on any atom is 0.343 e. The van der Waals surface area contributed by atoms with Crippen molar-refractivity contribution in [2.75, 3.05) is 107 Å². The van der Waals surface area contributed by atoms with Gasteiger partial charge in [-0.25, -0.2) is 19.2 Å². The van der Waals surface area contributed by atoms with Crippen LogP contribution in [-0.2, 0) is 61.8 Å². The summed E-state index contributed by atoms with van der Waals surface area (Å²) in [6.45, 7) is 18.9. The van der Waals surface area contributed by atoms with Gasteiger partial charge in [-0.05, 0) is 139 Å². The normalized spacial score (nSPS) is 11.4. The molecular formula is C73H88O21. The number of benzene rings is 6. The van der Waals surface area contributed by atoms with Gasteiger partial charge in [0.25, 0.3) is 0 Å². The van der Waals surface area contributed by atoms with Crippen LogP contribution in [0.2, 0.25) is 0 Å². The zero-order valence-electron chi connectivity index (χ0n) is 55.0. The topological polar surface area (TPSA) is 249 Å². The van der Waals surface area contributed by atoms with E-state index in [1.54, 1.807) is 99.0 Å². The molecule has 0 saturated carbocycles. The first kappa shape index (κ1) is 77.0. The molecule has 0 heterocycles. The molecule has 6 rings (SSSR count). The van der Waals surface area contributed by atoms with Crippen LogP contribution in [0.4, 0.5) is 0 Å². The van der Waals surface area contributed by atoms with Crippen LogP contribution in [0.3, 0.4) is 0 Å². The Hall–Kier alpha value is -9.41. The van der Waals surface area contributed by atoms with Crippen molar-refractivity contribution in [3.05, 3.63) is 175 Å². The third-order valence-electron chi connectivity index (χ3n) is 13.8. The lowest BCUT2D eigenvalue weighted by molar-refractivity contribution is -0.152. The van der Waals surface area contributed by atoms with E-state index in [1.165, 1.54) is 7.11 Å². The zero-order valence-corrected chi connectivity index (χ0v) is 55.0. The summed E-state index contributed by atoms with van der Waals surface area (Å²) in [4.78, 5) is 81.4. The maximum absolute atomic E-state index is 12.6. The van der Waals surface area contributed by atoms with Crippen LogP contribution in [0.5, 0.6) is 28.7 Å². The number of carbonyl (C=O) groups excluding carboxylic acids is 7. The molecule has 0 aliphatic heterocycles. The van der Waals surface area contributed by atoms with E-state index >= 15 is 0 Å². The van der Waals surface area contributed by atoms with Gasteiger partial charge < -0.3 is 66.3 Å². The Morgan fingerprint density at radius 1 is 0.340 bits per heavy atom. The Balaban J connectivity index is 0.000000334. The minimum Gasteiger partial charge on any atom is -0.497 e. The number of hydrogen-bond donors (Lipinski definition) is 0. The Morgan fingerprint density at radius 2 is 0.606 bits per heavy atom. The van der Waals surface area contributed by atoms with Crippen LogP contribution in [0.15, 0.2) is 158 Å². The standard InChI is InChI=1S/C32H36O9.C31H36O8.C10H16O4/c1-4-23(2)30(33)40-22-20-38-18-17-37-19-21-39-28-13-11-27(12-14-28)32(35)41-29-15-9-25(10-16-29)24-5-7-26(8-6-24)31(34)36-3;1-4-23(2)30(32)38-22-20-36-18-17-35-19-21-37-28-13-9-26(10-14-28)31(33)39-29-15-7-25(8-16-29)24-5-11-27(34-3)12-6-24;1-4-8(3)10(12)14-7-6-13-9(11)5-2/h5-16,23H,4,17-22H2,1-3H3;5-16,23H,4,17-22H2,1-3H3;5,8H,2,4,6-7H2,1,3H3. The van der Waals surface area contributed by atoms with E-state index < -0.39 is 17.9 Å². The molecule has 3 unspecified atom stereocenters. The van der Waals surface area contributed by atoms with Crippen molar-refractivity contribution < 1.29 is 99.9 Å². The van der Waals surface area contributed by atoms with Crippen molar-refractivity contribution in [1.29, 1.82) is 0 Å².